The highest BCUT2D eigenvalue weighted by molar-refractivity contribution is 7.89. The van der Waals surface area contributed by atoms with E-state index in [0.29, 0.717) is 0 Å². The van der Waals surface area contributed by atoms with Crippen LogP contribution < -0.4 is 10.5 Å². The fraction of sp³-hybridized carbons (Fsp3) is 0.385. The van der Waals surface area contributed by atoms with Gasteiger partial charge in [-0.1, -0.05) is 11.6 Å². The van der Waals surface area contributed by atoms with E-state index in [2.05, 4.69) is 5.32 Å². The van der Waals surface area contributed by atoms with Crippen molar-refractivity contribution in [3.8, 4) is 0 Å². The molecule has 1 aliphatic rings. The van der Waals surface area contributed by atoms with Crippen LogP contribution in [0.1, 0.15) is 36.0 Å². The number of sulfonamides is 1. The summed E-state index contributed by atoms with van der Waals surface area (Å²) < 4.78 is 22.7. The van der Waals surface area contributed by atoms with Gasteiger partial charge in [0.2, 0.25) is 15.9 Å². The molecular formula is C13H15ClN2O4S. The number of ketones is 1. The fourth-order valence-corrected chi connectivity index (χ4v) is 2.86. The quantitative estimate of drug-likeness (QED) is 0.765. The largest absolute Gasteiger partial charge is 0.353 e. The normalized spacial score (nSPS) is 14.8. The molecule has 0 bridgehead atoms. The van der Waals surface area contributed by atoms with Gasteiger partial charge in [-0.15, -0.1) is 0 Å². The molecule has 0 saturated heterocycles. The van der Waals surface area contributed by atoms with Gasteiger partial charge in [0.1, 0.15) is 4.90 Å². The Morgan fingerprint density at radius 1 is 1.29 bits per heavy atom. The minimum atomic E-state index is -3.99. The number of carbonyl (C=O) groups is 2. The summed E-state index contributed by atoms with van der Waals surface area (Å²) in [6.45, 7) is 0. The van der Waals surface area contributed by atoms with Crippen LogP contribution in [0.25, 0.3) is 0 Å². The molecule has 0 radical (unpaired) electrons. The van der Waals surface area contributed by atoms with Crippen molar-refractivity contribution in [2.45, 2.75) is 36.6 Å². The molecule has 1 aromatic carbocycles. The lowest BCUT2D eigenvalue weighted by Gasteiger charge is -2.06. The third-order valence-corrected chi connectivity index (χ3v) is 4.47. The lowest BCUT2D eigenvalue weighted by molar-refractivity contribution is -0.121. The maximum Gasteiger partial charge on any atom is 0.239 e. The molecule has 21 heavy (non-hydrogen) atoms. The van der Waals surface area contributed by atoms with Gasteiger partial charge in [0.05, 0.1) is 5.02 Å². The van der Waals surface area contributed by atoms with Crippen LogP contribution >= 0.6 is 11.6 Å². The van der Waals surface area contributed by atoms with Crippen molar-refractivity contribution in [1.29, 1.82) is 0 Å². The third-order valence-electron chi connectivity index (χ3n) is 3.08. The minimum absolute atomic E-state index is 0.00421. The Morgan fingerprint density at radius 2 is 1.95 bits per heavy atom. The van der Waals surface area contributed by atoms with E-state index in [1.807, 2.05) is 0 Å². The molecule has 0 aromatic heterocycles. The number of amides is 1. The minimum Gasteiger partial charge on any atom is -0.353 e. The van der Waals surface area contributed by atoms with Crippen LogP contribution in [0.4, 0.5) is 0 Å². The number of nitrogens with one attached hydrogen (secondary N) is 1. The number of benzene rings is 1. The highest BCUT2D eigenvalue weighted by atomic mass is 35.5. The zero-order valence-corrected chi connectivity index (χ0v) is 12.7. The molecule has 6 nitrogen and oxygen atoms in total. The van der Waals surface area contributed by atoms with Crippen molar-refractivity contribution in [1.82, 2.24) is 5.32 Å². The van der Waals surface area contributed by atoms with Crippen molar-refractivity contribution in [2.75, 3.05) is 0 Å². The first-order chi connectivity index (χ1) is 9.77. The molecular weight excluding hydrogens is 316 g/mol. The van der Waals surface area contributed by atoms with Crippen LogP contribution in [-0.4, -0.2) is 26.2 Å². The standard InChI is InChI=1S/C13H15ClN2O4S/c14-10-4-1-8(7-12(10)21(15,19)20)11(17)5-6-13(18)16-9-2-3-9/h1,4,7,9H,2-3,5-6H2,(H,16,18)(H2,15,19,20). The molecule has 0 aliphatic heterocycles. The second-order valence-electron chi connectivity index (χ2n) is 4.96. The van der Waals surface area contributed by atoms with E-state index in [1.54, 1.807) is 0 Å². The molecule has 1 saturated carbocycles. The summed E-state index contributed by atoms with van der Waals surface area (Å²) in [5.41, 5.74) is 0.169. The second-order valence-corrected chi connectivity index (χ2v) is 6.89. The number of hydrogen-bond acceptors (Lipinski definition) is 4. The number of rotatable bonds is 6. The van der Waals surface area contributed by atoms with Crippen LogP contribution in [0.5, 0.6) is 0 Å². The molecule has 114 valence electrons. The van der Waals surface area contributed by atoms with Gasteiger partial charge >= 0.3 is 0 Å². The number of nitrogens with two attached hydrogens (primary N) is 1. The summed E-state index contributed by atoms with van der Waals surface area (Å²) in [6.07, 6.45) is 2.04. The predicted molar refractivity (Wildman–Crippen MR) is 77.6 cm³/mol. The van der Waals surface area contributed by atoms with Gasteiger partial charge < -0.3 is 5.32 Å². The van der Waals surface area contributed by atoms with Crippen molar-refractivity contribution in [3.05, 3.63) is 28.8 Å². The molecule has 3 N–H and O–H groups in total. The molecule has 8 heteroatoms. The molecule has 0 atom stereocenters. The molecule has 1 aromatic rings. The second kappa shape index (κ2) is 6.13. The Labute approximate surface area is 127 Å². The summed E-state index contributed by atoms with van der Waals surface area (Å²) in [5.74, 6) is -0.506. The van der Waals surface area contributed by atoms with Gasteiger partial charge in [-0.2, -0.15) is 0 Å². The van der Waals surface area contributed by atoms with E-state index in [0.717, 1.165) is 18.9 Å². The maximum atomic E-state index is 12.0. The summed E-state index contributed by atoms with van der Waals surface area (Å²) in [6, 6.07) is 4.10. The monoisotopic (exact) mass is 330 g/mol. The molecule has 1 aliphatic carbocycles. The molecule has 1 amide bonds. The summed E-state index contributed by atoms with van der Waals surface area (Å²) in [5, 5.41) is 7.76. The van der Waals surface area contributed by atoms with Crippen molar-refractivity contribution >= 4 is 33.3 Å². The molecule has 2 rings (SSSR count). The van der Waals surface area contributed by atoms with Crippen molar-refractivity contribution < 1.29 is 18.0 Å². The highest BCUT2D eigenvalue weighted by Gasteiger charge is 2.23. The fourth-order valence-electron chi connectivity index (χ4n) is 1.79. The van der Waals surface area contributed by atoms with E-state index in [1.165, 1.54) is 12.1 Å². The predicted octanol–water partition coefficient (Wildman–Crippen LogP) is 1.23. The van der Waals surface area contributed by atoms with Crippen LogP contribution in [0.3, 0.4) is 0 Å². The van der Waals surface area contributed by atoms with Gasteiger partial charge in [-0.05, 0) is 31.0 Å². The SMILES string of the molecule is NS(=O)(=O)c1cc(C(=O)CCC(=O)NC2CC2)ccc1Cl. The number of primary sulfonamides is 1. The Bertz CT molecular complexity index is 683. The Kier molecular flexibility index (Phi) is 4.65. The van der Waals surface area contributed by atoms with Crippen LogP contribution in [-0.2, 0) is 14.8 Å². The zero-order valence-electron chi connectivity index (χ0n) is 11.1. The van der Waals surface area contributed by atoms with E-state index < -0.39 is 10.0 Å². The van der Waals surface area contributed by atoms with E-state index in [9.17, 15) is 18.0 Å². The van der Waals surface area contributed by atoms with Crippen molar-refractivity contribution in [3.63, 3.8) is 0 Å². The number of carbonyl (C=O) groups excluding carboxylic acids is 2. The lowest BCUT2D eigenvalue weighted by Crippen LogP contribution is -2.25. The highest BCUT2D eigenvalue weighted by Crippen LogP contribution is 2.22. The number of Topliss-reactive ketones (excluding diaryl/α,β-unsaturated/α-hetero) is 1. The van der Waals surface area contributed by atoms with Gasteiger partial charge in [-0.25, -0.2) is 13.6 Å². The number of hydrogen-bond donors (Lipinski definition) is 2. The number of halogens is 1. The first-order valence-electron chi connectivity index (χ1n) is 6.42. The first-order valence-corrected chi connectivity index (χ1v) is 8.34. The Morgan fingerprint density at radius 3 is 2.52 bits per heavy atom. The Balaban J connectivity index is 2.03. The van der Waals surface area contributed by atoms with E-state index in [-0.39, 0.29) is 46.1 Å². The molecule has 0 unspecified atom stereocenters. The van der Waals surface area contributed by atoms with Gasteiger partial charge in [0.15, 0.2) is 5.78 Å². The van der Waals surface area contributed by atoms with E-state index in [4.69, 9.17) is 16.7 Å². The lowest BCUT2D eigenvalue weighted by atomic mass is 10.1. The summed E-state index contributed by atoms with van der Waals surface area (Å²) >= 11 is 5.74. The Hall–Kier alpha value is -1.44. The zero-order chi connectivity index (χ0) is 15.6. The average molecular weight is 331 g/mol. The molecule has 0 spiro atoms. The topological polar surface area (TPSA) is 106 Å². The van der Waals surface area contributed by atoms with Crippen LogP contribution in [0.15, 0.2) is 23.1 Å². The summed E-state index contributed by atoms with van der Waals surface area (Å²) in [4.78, 5) is 23.2. The first kappa shape index (κ1) is 15.9. The van der Waals surface area contributed by atoms with Crippen molar-refractivity contribution in [2.24, 2.45) is 5.14 Å². The van der Waals surface area contributed by atoms with Gasteiger partial charge in [-0.3, -0.25) is 9.59 Å². The van der Waals surface area contributed by atoms with Gasteiger partial charge in [0, 0.05) is 24.4 Å². The molecule has 0 heterocycles. The summed E-state index contributed by atoms with van der Waals surface area (Å²) in [7, 11) is -3.99. The van der Waals surface area contributed by atoms with Crippen LogP contribution in [0.2, 0.25) is 5.02 Å². The van der Waals surface area contributed by atoms with Gasteiger partial charge in [0.25, 0.3) is 0 Å². The average Bonchev–Trinajstić information content (AvgIpc) is 3.19. The molecule has 1 fully saturated rings. The van der Waals surface area contributed by atoms with Crippen LogP contribution in [0, 0.1) is 0 Å². The smallest absolute Gasteiger partial charge is 0.239 e. The van der Waals surface area contributed by atoms with E-state index >= 15 is 0 Å². The third kappa shape index (κ3) is 4.52. The maximum absolute atomic E-state index is 12.0.